The largest absolute Gasteiger partial charge is 0.365 e. The predicted molar refractivity (Wildman–Crippen MR) is 113 cm³/mol. The highest BCUT2D eigenvalue weighted by Gasteiger charge is 2.24. The molecule has 0 aromatic carbocycles. The summed E-state index contributed by atoms with van der Waals surface area (Å²) in [6.45, 7) is 0. The summed E-state index contributed by atoms with van der Waals surface area (Å²) in [5.41, 5.74) is 12.2. The first kappa shape index (κ1) is 19.8. The maximum absolute atomic E-state index is 14.6. The van der Waals surface area contributed by atoms with Crippen LogP contribution >= 0.6 is 0 Å². The highest BCUT2D eigenvalue weighted by Crippen LogP contribution is 2.27. The quantitative estimate of drug-likeness (QED) is 0.496. The van der Waals surface area contributed by atoms with Crippen molar-refractivity contribution in [3.63, 3.8) is 0 Å². The van der Waals surface area contributed by atoms with E-state index in [0.717, 1.165) is 31.7 Å². The minimum absolute atomic E-state index is 0.0367. The van der Waals surface area contributed by atoms with Crippen LogP contribution in [0.2, 0.25) is 0 Å². The van der Waals surface area contributed by atoms with E-state index in [1.165, 1.54) is 0 Å². The van der Waals surface area contributed by atoms with Crippen LogP contribution in [0.25, 0.3) is 5.82 Å². The van der Waals surface area contributed by atoms with Crippen molar-refractivity contribution in [3.05, 3.63) is 60.3 Å². The van der Waals surface area contributed by atoms with Gasteiger partial charge in [-0.15, -0.1) is 0 Å². The van der Waals surface area contributed by atoms with Crippen molar-refractivity contribution >= 4 is 23.2 Å². The number of amides is 1. The number of halogens is 1. The number of carbonyl (C=O) groups is 1. The summed E-state index contributed by atoms with van der Waals surface area (Å²) < 4.78 is 16.5. The van der Waals surface area contributed by atoms with Gasteiger partial charge in [0.1, 0.15) is 11.6 Å². The van der Waals surface area contributed by atoms with E-state index in [1.807, 2.05) is 29.1 Å². The van der Waals surface area contributed by atoms with Crippen molar-refractivity contribution in [2.24, 2.45) is 11.5 Å². The summed E-state index contributed by atoms with van der Waals surface area (Å²) in [5, 5.41) is 6.17. The third kappa shape index (κ3) is 4.25. The number of nitrogens with zero attached hydrogens (tertiary/aromatic N) is 3. The maximum atomic E-state index is 14.6. The summed E-state index contributed by atoms with van der Waals surface area (Å²) >= 11 is 0. The Labute approximate surface area is 173 Å². The van der Waals surface area contributed by atoms with E-state index >= 15 is 0 Å². The van der Waals surface area contributed by atoms with Gasteiger partial charge in [-0.05, 0) is 37.1 Å². The zero-order valence-electron chi connectivity index (χ0n) is 16.4. The van der Waals surface area contributed by atoms with Gasteiger partial charge in [0.05, 0.1) is 5.56 Å². The number of hydrogen-bond donors (Lipinski definition) is 4. The molecule has 3 aromatic rings. The number of aromatic nitrogens is 3. The molecule has 4 rings (SSSR count). The molecule has 8 nitrogen and oxygen atoms in total. The molecule has 0 spiro atoms. The number of hydrogen-bond acceptors (Lipinski definition) is 6. The van der Waals surface area contributed by atoms with Crippen LogP contribution in [0.1, 0.15) is 36.0 Å². The second-order valence-corrected chi connectivity index (χ2v) is 7.40. The predicted octanol–water partition coefficient (Wildman–Crippen LogP) is 2.93. The standard InChI is InChI=1S/C21H24FN7O/c22-15-12-14(19(24)30)20(28-21(15)27-17-6-2-1-5-16(17)23)26-13-7-8-25-18(11-13)29-9-3-4-10-29/h3-4,7-12,16-17H,1-2,5-6,23H2,(H2,24,30)(H2,25,26,27,28)/t16-,17+/m1/s1. The summed E-state index contributed by atoms with van der Waals surface area (Å²) in [7, 11) is 0. The normalized spacial score (nSPS) is 18.7. The van der Waals surface area contributed by atoms with Gasteiger partial charge in [0.25, 0.3) is 5.91 Å². The second kappa shape index (κ2) is 8.50. The molecule has 1 amide bonds. The lowest BCUT2D eigenvalue weighted by Crippen LogP contribution is -2.43. The number of nitrogens with one attached hydrogen (secondary N) is 2. The van der Waals surface area contributed by atoms with Gasteiger partial charge >= 0.3 is 0 Å². The lowest BCUT2D eigenvalue weighted by atomic mass is 9.91. The molecule has 3 heterocycles. The van der Waals surface area contributed by atoms with Crippen LogP contribution in [0.5, 0.6) is 0 Å². The molecule has 0 bridgehead atoms. The van der Waals surface area contributed by atoms with Crippen LogP contribution in [-0.4, -0.2) is 32.5 Å². The lowest BCUT2D eigenvalue weighted by Gasteiger charge is -2.30. The second-order valence-electron chi connectivity index (χ2n) is 7.40. The monoisotopic (exact) mass is 409 g/mol. The molecule has 1 fully saturated rings. The highest BCUT2D eigenvalue weighted by molar-refractivity contribution is 5.98. The van der Waals surface area contributed by atoms with Gasteiger partial charge in [-0.3, -0.25) is 4.79 Å². The van der Waals surface area contributed by atoms with Crippen molar-refractivity contribution in [3.8, 4) is 5.82 Å². The van der Waals surface area contributed by atoms with Crippen LogP contribution in [0, 0.1) is 5.82 Å². The van der Waals surface area contributed by atoms with Crippen molar-refractivity contribution in [2.45, 2.75) is 37.8 Å². The summed E-state index contributed by atoms with van der Waals surface area (Å²) in [5.74, 6) is -0.524. The fraction of sp³-hybridized carbons (Fsp3) is 0.286. The molecule has 0 aliphatic heterocycles. The molecule has 0 unspecified atom stereocenters. The van der Waals surface area contributed by atoms with Gasteiger partial charge in [0.2, 0.25) is 0 Å². The Morgan fingerprint density at radius 3 is 2.67 bits per heavy atom. The molecule has 156 valence electrons. The average Bonchev–Trinajstić information content (AvgIpc) is 3.27. The molecule has 1 aliphatic rings. The Kier molecular flexibility index (Phi) is 5.62. The third-order valence-electron chi connectivity index (χ3n) is 5.26. The molecule has 1 saturated carbocycles. The Morgan fingerprint density at radius 1 is 1.17 bits per heavy atom. The van der Waals surface area contributed by atoms with E-state index in [-0.39, 0.29) is 29.3 Å². The van der Waals surface area contributed by atoms with E-state index in [1.54, 1.807) is 18.3 Å². The van der Waals surface area contributed by atoms with E-state index in [4.69, 9.17) is 11.5 Å². The zero-order chi connectivity index (χ0) is 21.1. The van der Waals surface area contributed by atoms with Crippen LogP contribution < -0.4 is 22.1 Å². The van der Waals surface area contributed by atoms with Gasteiger partial charge < -0.3 is 26.7 Å². The molecule has 1 aliphatic carbocycles. The van der Waals surface area contributed by atoms with E-state index in [2.05, 4.69) is 20.6 Å². The fourth-order valence-electron chi connectivity index (χ4n) is 3.65. The summed E-state index contributed by atoms with van der Waals surface area (Å²) in [4.78, 5) is 20.5. The zero-order valence-corrected chi connectivity index (χ0v) is 16.4. The van der Waals surface area contributed by atoms with E-state index in [0.29, 0.717) is 11.5 Å². The minimum Gasteiger partial charge on any atom is -0.365 e. The number of carbonyl (C=O) groups excluding carboxylic acids is 1. The summed E-state index contributed by atoms with van der Waals surface area (Å²) in [6.07, 6.45) is 9.17. The van der Waals surface area contributed by atoms with Gasteiger partial charge in [-0.1, -0.05) is 12.8 Å². The number of rotatable bonds is 6. The van der Waals surface area contributed by atoms with E-state index < -0.39 is 11.7 Å². The number of primary amides is 1. The molecule has 3 aromatic heterocycles. The van der Waals surface area contributed by atoms with Crippen LogP contribution in [0.3, 0.4) is 0 Å². The Bertz CT molecular complexity index is 1040. The van der Waals surface area contributed by atoms with Gasteiger partial charge in [0.15, 0.2) is 11.6 Å². The van der Waals surface area contributed by atoms with Gasteiger partial charge in [0, 0.05) is 42.4 Å². The molecular formula is C21H24FN7O. The first-order valence-corrected chi connectivity index (χ1v) is 9.90. The highest BCUT2D eigenvalue weighted by atomic mass is 19.1. The Hall–Kier alpha value is -3.46. The topological polar surface area (TPSA) is 124 Å². The van der Waals surface area contributed by atoms with Crippen molar-refractivity contribution in [1.82, 2.24) is 14.5 Å². The van der Waals surface area contributed by atoms with Gasteiger partial charge in [-0.2, -0.15) is 0 Å². The Morgan fingerprint density at radius 2 is 1.93 bits per heavy atom. The SMILES string of the molecule is NC(=O)c1cc(F)c(N[C@H]2CCCC[C@H]2N)nc1Nc1ccnc(-n2cccc2)c1. The van der Waals surface area contributed by atoms with Crippen LogP contribution in [0.15, 0.2) is 48.9 Å². The number of pyridine rings is 2. The van der Waals surface area contributed by atoms with Crippen molar-refractivity contribution in [1.29, 1.82) is 0 Å². The van der Waals surface area contributed by atoms with Crippen LogP contribution in [-0.2, 0) is 0 Å². The smallest absolute Gasteiger partial charge is 0.252 e. The van der Waals surface area contributed by atoms with Gasteiger partial charge in [-0.25, -0.2) is 14.4 Å². The maximum Gasteiger partial charge on any atom is 0.252 e. The first-order valence-electron chi connectivity index (χ1n) is 9.90. The molecule has 0 radical (unpaired) electrons. The molecule has 30 heavy (non-hydrogen) atoms. The van der Waals surface area contributed by atoms with Crippen LogP contribution in [0.4, 0.5) is 21.7 Å². The average molecular weight is 409 g/mol. The molecule has 0 saturated heterocycles. The van der Waals surface area contributed by atoms with Crippen molar-refractivity contribution < 1.29 is 9.18 Å². The first-order chi connectivity index (χ1) is 14.5. The van der Waals surface area contributed by atoms with E-state index in [9.17, 15) is 9.18 Å². The fourth-order valence-corrected chi connectivity index (χ4v) is 3.65. The molecular weight excluding hydrogens is 385 g/mol. The third-order valence-corrected chi connectivity index (χ3v) is 5.26. The molecule has 6 N–H and O–H groups in total. The molecule has 2 atom stereocenters. The Balaban J connectivity index is 1.64. The minimum atomic E-state index is -0.774. The lowest BCUT2D eigenvalue weighted by molar-refractivity contribution is 0.100. The number of anilines is 3. The number of nitrogens with two attached hydrogens (primary N) is 2. The molecule has 9 heteroatoms. The van der Waals surface area contributed by atoms with Crippen molar-refractivity contribution in [2.75, 3.05) is 10.6 Å². The summed E-state index contributed by atoms with van der Waals surface area (Å²) in [6, 6.07) is 8.26.